The van der Waals surface area contributed by atoms with Gasteiger partial charge in [0.1, 0.15) is 12.2 Å². The van der Waals surface area contributed by atoms with Gasteiger partial charge in [-0.3, -0.25) is 0 Å². The zero-order valence-corrected chi connectivity index (χ0v) is 9.97. The highest BCUT2D eigenvalue weighted by molar-refractivity contribution is 5.78. The molecule has 6 nitrogen and oxygen atoms in total. The Morgan fingerprint density at radius 2 is 1.94 bits per heavy atom. The number of ether oxygens (including phenoxy) is 5. The molecule has 0 radical (unpaired) electrons. The van der Waals surface area contributed by atoms with Gasteiger partial charge in [0.25, 0.3) is 0 Å². The van der Waals surface area contributed by atoms with Crippen molar-refractivity contribution in [1.82, 2.24) is 0 Å². The van der Waals surface area contributed by atoms with Gasteiger partial charge in [-0.15, -0.1) is 0 Å². The van der Waals surface area contributed by atoms with Gasteiger partial charge in [-0.2, -0.15) is 0 Å². The standard InChI is InChI=1S/C10H18O6/c1-12-5-6(13-2)7-8(14-3)9(15-4)10(11)16-7/h6-9H,5H2,1-4H3/t6?,7?,8-,9-/m0/s1. The summed E-state index contributed by atoms with van der Waals surface area (Å²) in [6.45, 7) is 0.324. The fraction of sp³-hybridized carbons (Fsp3) is 0.900. The van der Waals surface area contributed by atoms with Crippen LogP contribution in [0, 0.1) is 0 Å². The van der Waals surface area contributed by atoms with Crippen LogP contribution in [0.15, 0.2) is 0 Å². The van der Waals surface area contributed by atoms with Crippen molar-refractivity contribution in [3.05, 3.63) is 0 Å². The van der Waals surface area contributed by atoms with E-state index in [1.165, 1.54) is 21.3 Å². The first-order chi connectivity index (χ1) is 7.69. The topological polar surface area (TPSA) is 63.2 Å². The minimum Gasteiger partial charge on any atom is -0.455 e. The predicted octanol–water partition coefficient (Wildman–Crippen LogP) is -0.397. The second-order valence-electron chi connectivity index (χ2n) is 3.49. The summed E-state index contributed by atoms with van der Waals surface area (Å²) in [7, 11) is 6.03. The van der Waals surface area contributed by atoms with Crippen molar-refractivity contribution in [2.24, 2.45) is 0 Å². The molecule has 1 saturated heterocycles. The van der Waals surface area contributed by atoms with Gasteiger partial charge < -0.3 is 23.7 Å². The van der Waals surface area contributed by atoms with E-state index in [9.17, 15) is 4.79 Å². The summed E-state index contributed by atoms with van der Waals surface area (Å²) >= 11 is 0. The van der Waals surface area contributed by atoms with Crippen molar-refractivity contribution in [2.75, 3.05) is 35.0 Å². The highest BCUT2D eigenvalue weighted by atomic mass is 16.6. The Bertz CT molecular complexity index is 231. The lowest BCUT2D eigenvalue weighted by Gasteiger charge is -2.25. The smallest absolute Gasteiger partial charge is 0.338 e. The molecule has 1 heterocycles. The fourth-order valence-corrected chi connectivity index (χ4v) is 1.81. The number of cyclic esters (lactones) is 1. The minimum absolute atomic E-state index is 0.324. The van der Waals surface area contributed by atoms with Crippen molar-refractivity contribution < 1.29 is 28.5 Å². The van der Waals surface area contributed by atoms with E-state index in [1.807, 2.05) is 0 Å². The van der Waals surface area contributed by atoms with Crippen molar-refractivity contribution >= 4 is 5.97 Å². The van der Waals surface area contributed by atoms with E-state index in [0.29, 0.717) is 6.61 Å². The molecule has 0 amide bonds. The summed E-state index contributed by atoms with van der Waals surface area (Å²) in [5, 5.41) is 0. The van der Waals surface area contributed by atoms with Crippen LogP contribution in [0.25, 0.3) is 0 Å². The molecule has 0 spiro atoms. The van der Waals surface area contributed by atoms with Crippen molar-refractivity contribution in [1.29, 1.82) is 0 Å². The summed E-state index contributed by atoms with van der Waals surface area (Å²) in [4.78, 5) is 11.5. The van der Waals surface area contributed by atoms with E-state index in [2.05, 4.69) is 0 Å². The van der Waals surface area contributed by atoms with E-state index < -0.39 is 24.3 Å². The molecule has 1 aliphatic rings. The summed E-state index contributed by atoms with van der Waals surface area (Å²) in [6, 6.07) is 0. The van der Waals surface area contributed by atoms with E-state index in [4.69, 9.17) is 23.7 Å². The molecule has 1 rings (SSSR count). The molecule has 0 aromatic carbocycles. The Hall–Kier alpha value is -0.690. The van der Waals surface area contributed by atoms with Crippen LogP contribution in [0.1, 0.15) is 0 Å². The minimum atomic E-state index is -0.704. The highest BCUT2D eigenvalue weighted by Gasteiger charge is 2.49. The van der Waals surface area contributed by atoms with Gasteiger partial charge in [0.05, 0.1) is 6.61 Å². The molecule has 0 N–H and O–H groups in total. The zero-order chi connectivity index (χ0) is 12.1. The normalized spacial score (nSPS) is 31.5. The zero-order valence-electron chi connectivity index (χ0n) is 9.97. The molecule has 0 aliphatic carbocycles. The van der Waals surface area contributed by atoms with E-state index in [-0.39, 0.29) is 6.10 Å². The van der Waals surface area contributed by atoms with Gasteiger partial charge in [0, 0.05) is 28.4 Å². The summed E-state index contributed by atoms with van der Waals surface area (Å²) in [5.41, 5.74) is 0. The number of esters is 1. The monoisotopic (exact) mass is 234 g/mol. The van der Waals surface area contributed by atoms with Crippen LogP contribution in [-0.2, 0) is 28.5 Å². The molecule has 6 heteroatoms. The van der Waals surface area contributed by atoms with Gasteiger partial charge in [-0.1, -0.05) is 0 Å². The first-order valence-electron chi connectivity index (χ1n) is 4.97. The van der Waals surface area contributed by atoms with Gasteiger partial charge in [-0.25, -0.2) is 4.79 Å². The molecule has 0 aromatic rings. The lowest BCUT2D eigenvalue weighted by molar-refractivity contribution is -0.153. The first kappa shape index (κ1) is 13.4. The largest absolute Gasteiger partial charge is 0.455 e. The third-order valence-corrected chi connectivity index (χ3v) is 2.63. The Morgan fingerprint density at radius 1 is 1.25 bits per heavy atom. The average Bonchev–Trinajstić information content (AvgIpc) is 2.61. The Balaban J connectivity index is 2.75. The molecule has 0 saturated carbocycles. The van der Waals surface area contributed by atoms with Crippen LogP contribution in [-0.4, -0.2) is 65.4 Å². The maximum Gasteiger partial charge on any atom is 0.338 e. The third kappa shape index (κ3) is 2.52. The quantitative estimate of drug-likeness (QED) is 0.583. The molecule has 4 atom stereocenters. The lowest BCUT2D eigenvalue weighted by atomic mass is 10.1. The third-order valence-electron chi connectivity index (χ3n) is 2.63. The molecule has 1 fully saturated rings. The highest BCUT2D eigenvalue weighted by Crippen LogP contribution is 2.24. The second kappa shape index (κ2) is 6.15. The van der Waals surface area contributed by atoms with Gasteiger partial charge >= 0.3 is 5.97 Å². The van der Waals surface area contributed by atoms with E-state index >= 15 is 0 Å². The molecular formula is C10H18O6. The molecule has 2 unspecified atom stereocenters. The van der Waals surface area contributed by atoms with Crippen LogP contribution in [0.4, 0.5) is 0 Å². The van der Waals surface area contributed by atoms with Crippen LogP contribution in [0.2, 0.25) is 0 Å². The summed E-state index contributed by atoms with van der Waals surface area (Å²) < 4.78 is 25.6. The number of hydrogen-bond donors (Lipinski definition) is 0. The molecule has 94 valence electrons. The maximum absolute atomic E-state index is 11.5. The number of rotatable bonds is 6. The van der Waals surface area contributed by atoms with Gasteiger partial charge in [-0.05, 0) is 0 Å². The van der Waals surface area contributed by atoms with E-state index in [1.54, 1.807) is 7.11 Å². The second-order valence-corrected chi connectivity index (χ2v) is 3.49. The molecule has 16 heavy (non-hydrogen) atoms. The summed E-state index contributed by atoms with van der Waals surface area (Å²) in [6.07, 6.45) is -2.05. The fourth-order valence-electron chi connectivity index (χ4n) is 1.81. The van der Waals surface area contributed by atoms with Crippen molar-refractivity contribution in [3.63, 3.8) is 0 Å². The average molecular weight is 234 g/mol. The Morgan fingerprint density at radius 3 is 2.38 bits per heavy atom. The van der Waals surface area contributed by atoms with Crippen LogP contribution >= 0.6 is 0 Å². The Labute approximate surface area is 94.7 Å². The van der Waals surface area contributed by atoms with Gasteiger partial charge in [0.2, 0.25) is 0 Å². The van der Waals surface area contributed by atoms with Crippen molar-refractivity contribution in [3.8, 4) is 0 Å². The summed E-state index contributed by atoms with van der Waals surface area (Å²) in [5.74, 6) is -0.433. The molecule has 0 bridgehead atoms. The van der Waals surface area contributed by atoms with Crippen LogP contribution in [0.5, 0.6) is 0 Å². The van der Waals surface area contributed by atoms with Gasteiger partial charge in [0.15, 0.2) is 12.2 Å². The maximum atomic E-state index is 11.5. The Kier molecular flexibility index (Phi) is 5.14. The van der Waals surface area contributed by atoms with Crippen LogP contribution < -0.4 is 0 Å². The SMILES string of the molecule is COCC(OC)C1OC(=O)[C@@H](OC)[C@H]1OC. The molecule has 1 aliphatic heterocycles. The number of methoxy groups -OCH3 is 4. The van der Waals surface area contributed by atoms with Crippen LogP contribution in [0.3, 0.4) is 0 Å². The molecular weight excluding hydrogens is 216 g/mol. The van der Waals surface area contributed by atoms with E-state index in [0.717, 1.165) is 0 Å². The predicted molar refractivity (Wildman–Crippen MR) is 54.1 cm³/mol. The number of hydrogen-bond acceptors (Lipinski definition) is 6. The number of carbonyl (C=O) groups is 1. The number of carbonyl (C=O) groups excluding carboxylic acids is 1. The lowest BCUT2D eigenvalue weighted by Crippen LogP contribution is -2.43. The van der Waals surface area contributed by atoms with Crippen molar-refractivity contribution in [2.45, 2.75) is 24.4 Å². The molecule has 0 aromatic heterocycles. The first-order valence-corrected chi connectivity index (χ1v) is 4.97.